The van der Waals surface area contributed by atoms with Crippen LogP contribution in [0.1, 0.15) is 16.8 Å². The largest absolute Gasteiger partial charge is 0.496 e. The second kappa shape index (κ2) is 7.06. The van der Waals surface area contributed by atoms with Crippen molar-refractivity contribution >= 4 is 27.7 Å². The van der Waals surface area contributed by atoms with E-state index in [1.54, 1.807) is 7.11 Å². The maximum atomic E-state index is 12.5. The van der Waals surface area contributed by atoms with Gasteiger partial charge in [-0.15, -0.1) is 0 Å². The summed E-state index contributed by atoms with van der Waals surface area (Å²) in [5, 5.41) is 3.42. The molecule has 0 bridgehead atoms. The standard InChI is InChI=1S/C18H19N3O3S/c1-11-8-12(2)20-17-16(11)18(23)21(25-17)10-15(22)19-9-13-6-4-5-7-14(13)24-3/h4-8H,9-10H2,1-3H3,(H,19,22). The average Bonchev–Trinajstić information content (AvgIpc) is 2.88. The zero-order valence-electron chi connectivity index (χ0n) is 14.3. The molecule has 0 atom stereocenters. The third-order valence-corrected chi connectivity index (χ3v) is 4.89. The molecule has 0 spiro atoms. The van der Waals surface area contributed by atoms with Crippen LogP contribution in [0.3, 0.4) is 0 Å². The maximum absolute atomic E-state index is 12.5. The zero-order chi connectivity index (χ0) is 18.0. The number of methoxy groups -OCH3 is 1. The Kier molecular flexibility index (Phi) is 4.85. The van der Waals surface area contributed by atoms with Gasteiger partial charge in [0.15, 0.2) is 0 Å². The number of rotatable bonds is 5. The van der Waals surface area contributed by atoms with E-state index in [4.69, 9.17) is 4.74 Å². The van der Waals surface area contributed by atoms with Gasteiger partial charge in [-0.25, -0.2) is 4.98 Å². The van der Waals surface area contributed by atoms with Crippen molar-refractivity contribution in [2.45, 2.75) is 26.9 Å². The lowest BCUT2D eigenvalue weighted by molar-refractivity contribution is -0.121. The van der Waals surface area contributed by atoms with Crippen molar-refractivity contribution in [3.05, 3.63) is 57.5 Å². The van der Waals surface area contributed by atoms with Crippen LogP contribution in [0.25, 0.3) is 10.2 Å². The van der Waals surface area contributed by atoms with Crippen molar-refractivity contribution in [3.8, 4) is 5.75 Å². The van der Waals surface area contributed by atoms with Gasteiger partial charge >= 0.3 is 0 Å². The maximum Gasteiger partial charge on any atom is 0.270 e. The Morgan fingerprint density at radius 1 is 1.32 bits per heavy atom. The highest BCUT2D eigenvalue weighted by Gasteiger charge is 2.14. The van der Waals surface area contributed by atoms with E-state index in [0.29, 0.717) is 16.8 Å². The van der Waals surface area contributed by atoms with Gasteiger partial charge in [-0.3, -0.25) is 13.5 Å². The highest BCUT2D eigenvalue weighted by Crippen LogP contribution is 2.19. The molecule has 0 unspecified atom stereocenters. The second-order valence-electron chi connectivity index (χ2n) is 5.78. The Morgan fingerprint density at radius 3 is 2.84 bits per heavy atom. The number of benzene rings is 1. The van der Waals surface area contributed by atoms with Crippen molar-refractivity contribution in [3.63, 3.8) is 0 Å². The number of fused-ring (bicyclic) bond motifs is 1. The number of amides is 1. The first kappa shape index (κ1) is 17.2. The molecule has 6 nitrogen and oxygen atoms in total. The highest BCUT2D eigenvalue weighted by molar-refractivity contribution is 7.13. The minimum atomic E-state index is -0.228. The molecule has 0 aliphatic rings. The fraction of sp³-hybridized carbons (Fsp3) is 0.278. The predicted octanol–water partition coefficient (Wildman–Crippen LogP) is 2.40. The Bertz CT molecular complexity index is 991. The Hall–Kier alpha value is -2.67. The molecule has 1 amide bonds. The summed E-state index contributed by atoms with van der Waals surface area (Å²) in [6.07, 6.45) is 0. The van der Waals surface area contributed by atoms with Crippen molar-refractivity contribution in [1.82, 2.24) is 14.3 Å². The number of hydrogen-bond donors (Lipinski definition) is 1. The van der Waals surface area contributed by atoms with E-state index in [1.165, 1.54) is 15.5 Å². The van der Waals surface area contributed by atoms with Crippen LogP contribution in [0.4, 0.5) is 0 Å². The molecule has 3 aromatic rings. The second-order valence-corrected chi connectivity index (χ2v) is 6.79. The highest BCUT2D eigenvalue weighted by atomic mass is 32.1. The number of carbonyl (C=O) groups excluding carboxylic acids is 1. The summed E-state index contributed by atoms with van der Waals surface area (Å²) in [6.45, 7) is 4.10. The van der Waals surface area contributed by atoms with E-state index in [1.807, 2.05) is 44.2 Å². The first-order chi connectivity index (χ1) is 12.0. The van der Waals surface area contributed by atoms with Crippen LogP contribution < -0.4 is 15.6 Å². The molecular weight excluding hydrogens is 338 g/mol. The van der Waals surface area contributed by atoms with Crippen molar-refractivity contribution in [1.29, 1.82) is 0 Å². The summed E-state index contributed by atoms with van der Waals surface area (Å²) in [6, 6.07) is 9.37. The minimum Gasteiger partial charge on any atom is -0.496 e. The molecule has 0 radical (unpaired) electrons. The molecule has 25 heavy (non-hydrogen) atoms. The van der Waals surface area contributed by atoms with E-state index in [9.17, 15) is 9.59 Å². The van der Waals surface area contributed by atoms with Gasteiger partial charge in [0, 0.05) is 17.8 Å². The van der Waals surface area contributed by atoms with Crippen molar-refractivity contribution < 1.29 is 9.53 Å². The molecule has 0 saturated heterocycles. The van der Waals surface area contributed by atoms with E-state index in [0.717, 1.165) is 22.6 Å². The van der Waals surface area contributed by atoms with Gasteiger partial charge in [0.25, 0.3) is 5.56 Å². The number of carbonyl (C=O) groups is 1. The van der Waals surface area contributed by atoms with E-state index < -0.39 is 0 Å². The molecule has 1 N–H and O–H groups in total. The Morgan fingerprint density at radius 2 is 2.08 bits per heavy atom. The molecule has 0 aliphatic heterocycles. The molecule has 2 aromatic heterocycles. The van der Waals surface area contributed by atoms with E-state index >= 15 is 0 Å². The lowest BCUT2D eigenvalue weighted by Gasteiger charge is -2.09. The van der Waals surface area contributed by atoms with Gasteiger partial charge in [0.2, 0.25) is 5.91 Å². The smallest absolute Gasteiger partial charge is 0.270 e. The molecule has 2 heterocycles. The van der Waals surface area contributed by atoms with Crippen LogP contribution in [-0.2, 0) is 17.9 Å². The van der Waals surface area contributed by atoms with Crippen LogP contribution in [0.5, 0.6) is 5.75 Å². The molecule has 0 aliphatic carbocycles. The van der Waals surface area contributed by atoms with E-state index in [-0.39, 0.29) is 18.0 Å². The molecular formula is C18H19N3O3S. The number of hydrogen-bond acceptors (Lipinski definition) is 5. The lowest BCUT2D eigenvalue weighted by Crippen LogP contribution is -2.29. The minimum absolute atomic E-state index is 0.0203. The number of aryl methyl sites for hydroxylation is 2. The quantitative estimate of drug-likeness (QED) is 0.761. The van der Waals surface area contributed by atoms with Crippen molar-refractivity contribution in [2.75, 3.05) is 7.11 Å². The van der Waals surface area contributed by atoms with Gasteiger partial charge in [0.1, 0.15) is 17.1 Å². The first-order valence-electron chi connectivity index (χ1n) is 7.86. The predicted molar refractivity (Wildman–Crippen MR) is 98.2 cm³/mol. The molecule has 7 heteroatoms. The monoisotopic (exact) mass is 357 g/mol. The molecule has 3 rings (SSSR count). The summed E-state index contributed by atoms with van der Waals surface area (Å²) < 4.78 is 6.71. The fourth-order valence-corrected chi connectivity index (χ4v) is 3.82. The van der Waals surface area contributed by atoms with Gasteiger partial charge in [-0.2, -0.15) is 0 Å². The third-order valence-electron chi connectivity index (χ3n) is 3.90. The molecule has 0 saturated carbocycles. The first-order valence-corrected chi connectivity index (χ1v) is 8.63. The van der Waals surface area contributed by atoms with Crippen LogP contribution in [0.2, 0.25) is 0 Å². The summed E-state index contributed by atoms with van der Waals surface area (Å²) in [7, 11) is 1.59. The normalized spacial score (nSPS) is 10.8. The average molecular weight is 357 g/mol. The number of aromatic nitrogens is 2. The van der Waals surface area contributed by atoms with Crippen LogP contribution >= 0.6 is 11.5 Å². The Labute approximate surface area is 149 Å². The van der Waals surface area contributed by atoms with Crippen LogP contribution in [0.15, 0.2) is 35.1 Å². The topological polar surface area (TPSA) is 73.2 Å². The fourth-order valence-electron chi connectivity index (χ4n) is 2.73. The summed E-state index contributed by atoms with van der Waals surface area (Å²) in [5.41, 5.74) is 2.46. The van der Waals surface area contributed by atoms with Crippen LogP contribution in [-0.4, -0.2) is 22.0 Å². The number of para-hydroxylation sites is 1. The van der Waals surface area contributed by atoms with Gasteiger partial charge in [-0.05, 0) is 43.1 Å². The number of nitrogens with zero attached hydrogens (tertiary/aromatic N) is 2. The van der Waals surface area contributed by atoms with Crippen LogP contribution in [0, 0.1) is 13.8 Å². The van der Waals surface area contributed by atoms with Gasteiger partial charge in [-0.1, -0.05) is 18.2 Å². The Balaban J connectivity index is 1.75. The molecule has 0 fully saturated rings. The molecule has 130 valence electrons. The third kappa shape index (κ3) is 3.56. The summed E-state index contributed by atoms with van der Waals surface area (Å²) >= 11 is 1.22. The molecule has 1 aromatic carbocycles. The van der Waals surface area contributed by atoms with Gasteiger partial charge < -0.3 is 10.1 Å². The van der Waals surface area contributed by atoms with E-state index in [2.05, 4.69) is 10.3 Å². The summed E-state index contributed by atoms with van der Waals surface area (Å²) in [4.78, 5) is 29.8. The van der Waals surface area contributed by atoms with Gasteiger partial charge in [0.05, 0.1) is 12.5 Å². The zero-order valence-corrected chi connectivity index (χ0v) is 15.1. The van der Waals surface area contributed by atoms with Crippen molar-refractivity contribution in [2.24, 2.45) is 0 Å². The number of nitrogens with one attached hydrogen (secondary N) is 1. The SMILES string of the molecule is COc1ccccc1CNC(=O)Cn1sc2nc(C)cc(C)c2c1=O. The number of pyridine rings is 1. The number of ether oxygens (including phenoxy) is 1. The summed E-state index contributed by atoms with van der Waals surface area (Å²) in [5.74, 6) is 0.492. The lowest BCUT2D eigenvalue weighted by atomic mass is 10.2.